The molecular weight excluding hydrogens is 500 g/mol. The van der Waals surface area contributed by atoms with Gasteiger partial charge in [-0.25, -0.2) is 8.42 Å². The van der Waals surface area contributed by atoms with Crippen LogP contribution in [0, 0.1) is 20.8 Å². The Morgan fingerprint density at radius 3 is 2.18 bits per heavy atom. The summed E-state index contributed by atoms with van der Waals surface area (Å²) >= 11 is 3.34. The second-order valence-electron chi connectivity index (χ2n) is 8.29. The maximum atomic E-state index is 13.4. The van der Waals surface area contributed by atoms with Crippen molar-refractivity contribution in [3.05, 3.63) is 99.0 Å². The minimum absolute atomic E-state index is 0.101. The first kappa shape index (κ1) is 25.1. The lowest BCUT2D eigenvalue weighted by molar-refractivity contribution is -0.122. The number of hydrogen-bond acceptors (Lipinski definition) is 3. The van der Waals surface area contributed by atoms with Gasteiger partial charge in [-0.15, -0.1) is 0 Å². The molecular formula is C26H29BrN2O3S. The smallest absolute Gasteiger partial charge is 0.243 e. The molecule has 0 fully saturated rings. The molecule has 7 heteroatoms. The maximum Gasteiger partial charge on any atom is 0.243 e. The lowest BCUT2D eigenvalue weighted by Gasteiger charge is -2.24. The Labute approximate surface area is 205 Å². The van der Waals surface area contributed by atoms with Crippen LogP contribution >= 0.6 is 15.9 Å². The molecule has 0 saturated carbocycles. The first-order valence-corrected chi connectivity index (χ1v) is 13.0. The Morgan fingerprint density at radius 1 is 0.939 bits per heavy atom. The van der Waals surface area contributed by atoms with E-state index in [0.29, 0.717) is 0 Å². The Kier molecular flexibility index (Phi) is 8.10. The van der Waals surface area contributed by atoms with Crippen molar-refractivity contribution in [2.45, 2.75) is 45.2 Å². The van der Waals surface area contributed by atoms with Crippen LogP contribution in [0.5, 0.6) is 0 Å². The van der Waals surface area contributed by atoms with E-state index in [4.69, 9.17) is 0 Å². The van der Waals surface area contributed by atoms with Crippen LogP contribution in [0.1, 0.15) is 40.8 Å². The van der Waals surface area contributed by atoms with Gasteiger partial charge < -0.3 is 5.32 Å². The molecule has 33 heavy (non-hydrogen) atoms. The van der Waals surface area contributed by atoms with E-state index in [2.05, 4.69) is 40.3 Å². The number of carbonyl (C=O) groups excluding carboxylic acids is 1. The number of nitrogens with one attached hydrogen (secondary N) is 1. The van der Waals surface area contributed by atoms with Gasteiger partial charge in [0.2, 0.25) is 15.9 Å². The van der Waals surface area contributed by atoms with Crippen molar-refractivity contribution in [1.82, 2.24) is 9.62 Å². The van der Waals surface area contributed by atoms with Crippen molar-refractivity contribution in [3.8, 4) is 0 Å². The fourth-order valence-electron chi connectivity index (χ4n) is 3.74. The molecule has 0 heterocycles. The summed E-state index contributed by atoms with van der Waals surface area (Å²) in [5.74, 6) is -0.350. The molecule has 0 radical (unpaired) electrons. The summed E-state index contributed by atoms with van der Waals surface area (Å²) in [5.41, 5.74) is 5.28. The van der Waals surface area contributed by atoms with Crippen LogP contribution < -0.4 is 5.32 Å². The van der Waals surface area contributed by atoms with E-state index in [1.807, 2.05) is 51.1 Å². The fraction of sp³-hybridized carbons (Fsp3) is 0.269. The van der Waals surface area contributed by atoms with Gasteiger partial charge >= 0.3 is 0 Å². The van der Waals surface area contributed by atoms with E-state index >= 15 is 0 Å². The average molecular weight is 530 g/mol. The summed E-state index contributed by atoms with van der Waals surface area (Å²) < 4.78 is 28.8. The first-order chi connectivity index (χ1) is 15.6. The summed E-state index contributed by atoms with van der Waals surface area (Å²) in [6.45, 7) is 7.86. The number of sulfonamides is 1. The minimum atomic E-state index is -3.88. The number of hydrogen-bond donors (Lipinski definition) is 1. The van der Waals surface area contributed by atoms with Crippen molar-refractivity contribution in [3.63, 3.8) is 0 Å². The van der Waals surface area contributed by atoms with Gasteiger partial charge in [0.1, 0.15) is 0 Å². The molecule has 5 nitrogen and oxygen atoms in total. The highest BCUT2D eigenvalue weighted by molar-refractivity contribution is 9.10. The van der Waals surface area contributed by atoms with Crippen molar-refractivity contribution < 1.29 is 13.2 Å². The van der Waals surface area contributed by atoms with Gasteiger partial charge in [-0.05, 0) is 79.8 Å². The fourth-order valence-corrected chi connectivity index (χ4v) is 5.39. The number of rotatable bonds is 8. The number of carbonyl (C=O) groups is 1. The molecule has 3 rings (SSSR count). The third-order valence-electron chi connectivity index (χ3n) is 5.70. The molecule has 0 bridgehead atoms. The molecule has 1 atom stereocenters. The van der Waals surface area contributed by atoms with Crippen LogP contribution in [0.25, 0.3) is 0 Å². The van der Waals surface area contributed by atoms with E-state index in [-0.39, 0.29) is 29.9 Å². The molecule has 3 aromatic rings. The van der Waals surface area contributed by atoms with Crippen LogP contribution in [0.3, 0.4) is 0 Å². The first-order valence-electron chi connectivity index (χ1n) is 10.7. The van der Waals surface area contributed by atoms with Crippen molar-refractivity contribution in [2.24, 2.45) is 0 Å². The van der Waals surface area contributed by atoms with Crippen LogP contribution in [-0.2, 0) is 21.4 Å². The van der Waals surface area contributed by atoms with Gasteiger partial charge in [0.15, 0.2) is 0 Å². The Balaban J connectivity index is 1.84. The summed E-state index contributed by atoms with van der Waals surface area (Å²) in [5, 5.41) is 2.98. The largest absolute Gasteiger partial charge is 0.348 e. The molecule has 3 aromatic carbocycles. The van der Waals surface area contributed by atoms with E-state index in [0.717, 1.165) is 26.7 Å². The van der Waals surface area contributed by atoms with Gasteiger partial charge in [-0.2, -0.15) is 4.31 Å². The number of benzene rings is 3. The number of halogens is 1. The molecule has 0 spiro atoms. The summed E-state index contributed by atoms with van der Waals surface area (Å²) in [7, 11) is -3.88. The third-order valence-corrected chi connectivity index (χ3v) is 8.03. The quantitative estimate of drug-likeness (QED) is 0.423. The Hall–Kier alpha value is -2.48. The zero-order valence-corrected chi connectivity index (χ0v) is 21.7. The molecule has 0 unspecified atom stereocenters. The minimum Gasteiger partial charge on any atom is -0.348 e. The van der Waals surface area contributed by atoms with Crippen molar-refractivity contribution >= 4 is 31.9 Å². The average Bonchev–Trinajstić information content (AvgIpc) is 2.76. The van der Waals surface area contributed by atoms with E-state index in [9.17, 15) is 13.2 Å². The molecule has 1 amide bonds. The van der Waals surface area contributed by atoms with Gasteiger partial charge in [0, 0.05) is 11.0 Å². The van der Waals surface area contributed by atoms with Crippen LogP contribution in [0.2, 0.25) is 0 Å². The lowest BCUT2D eigenvalue weighted by Crippen LogP contribution is -2.41. The van der Waals surface area contributed by atoms with E-state index in [1.165, 1.54) is 22.0 Å². The summed E-state index contributed by atoms with van der Waals surface area (Å²) in [6, 6.07) is 19.6. The third kappa shape index (κ3) is 6.31. The number of nitrogens with zero attached hydrogens (tertiary/aromatic N) is 1. The zero-order chi connectivity index (χ0) is 24.2. The predicted octanol–water partition coefficient (Wildman–Crippen LogP) is 5.44. The van der Waals surface area contributed by atoms with Gasteiger partial charge in [-0.3, -0.25) is 4.79 Å². The molecule has 0 aliphatic heterocycles. The molecule has 0 saturated heterocycles. The van der Waals surface area contributed by atoms with Crippen molar-refractivity contribution in [1.29, 1.82) is 0 Å². The zero-order valence-electron chi connectivity index (χ0n) is 19.3. The predicted molar refractivity (Wildman–Crippen MR) is 135 cm³/mol. The summed E-state index contributed by atoms with van der Waals surface area (Å²) in [4.78, 5) is 13.1. The highest BCUT2D eigenvalue weighted by atomic mass is 79.9. The van der Waals surface area contributed by atoms with Crippen LogP contribution in [0.15, 0.2) is 76.1 Å². The highest BCUT2D eigenvalue weighted by Gasteiger charge is 2.27. The molecule has 174 valence electrons. The van der Waals surface area contributed by atoms with E-state index < -0.39 is 10.0 Å². The van der Waals surface area contributed by atoms with Gasteiger partial charge in [0.25, 0.3) is 0 Å². The van der Waals surface area contributed by atoms with E-state index in [1.54, 1.807) is 12.1 Å². The standard InChI is InChI=1S/C26H29BrN2O3S/c1-18-14-20(3)25(15-19(18)2)21(4)28-26(30)17-29(16-22-8-6-5-7-9-22)33(31,32)24-12-10-23(27)11-13-24/h5-15,21H,16-17H2,1-4H3,(H,28,30)/t21-/m1/s1. The molecule has 0 aliphatic carbocycles. The van der Waals surface area contributed by atoms with Crippen LogP contribution in [0.4, 0.5) is 0 Å². The monoisotopic (exact) mass is 528 g/mol. The number of aryl methyl sites for hydroxylation is 3. The Morgan fingerprint density at radius 2 is 1.55 bits per heavy atom. The van der Waals surface area contributed by atoms with Gasteiger partial charge in [0.05, 0.1) is 17.5 Å². The second kappa shape index (κ2) is 10.6. The topological polar surface area (TPSA) is 66.5 Å². The van der Waals surface area contributed by atoms with Gasteiger partial charge in [-0.1, -0.05) is 58.4 Å². The normalized spacial score (nSPS) is 12.5. The molecule has 1 N–H and O–H groups in total. The highest BCUT2D eigenvalue weighted by Crippen LogP contribution is 2.23. The molecule has 0 aromatic heterocycles. The van der Waals surface area contributed by atoms with Crippen LogP contribution in [-0.4, -0.2) is 25.2 Å². The SMILES string of the molecule is Cc1cc(C)c([C@@H](C)NC(=O)CN(Cc2ccccc2)S(=O)(=O)c2ccc(Br)cc2)cc1C. The van der Waals surface area contributed by atoms with Crippen molar-refractivity contribution in [2.75, 3.05) is 6.54 Å². The summed E-state index contributed by atoms with van der Waals surface area (Å²) in [6.07, 6.45) is 0. The second-order valence-corrected chi connectivity index (χ2v) is 11.1. The Bertz CT molecular complexity index is 1230. The molecule has 0 aliphatic rings. The lowest BCUT2D eigenvalue weighted by atomic mass is 9.96. The maximum absolute atomic E-state index is 13.4. The number of amides is 1.